The summed E-state index contributed by atoms with van der Waals surface area (Å²) in [7, 11) is 0. The molecule has 0 spiro atoms. The van der Waals surface area contributed by atoms with Gasteiger partial charge in [-0.3, -0.25) is 19.3 Å². The quantitative estimate of drug-likeness (QED) is 0.352. The monoisotopic (exact) mass is 544 g/mol. The number of halogens is 1. The summed E-state index contributed by atoms with van der Waals surface area (Å²) < 4.78 is 17.5. The van der Waals surface area contributed by atoms with Gasteiger partial charge in [0.2, 0.25) is 0 Å². The SMILES string of the molecule is C[C@H](CN1C(=O)c2ccccc2C1=O)Cn1cc(F)cc([C@H]2CCCN2c2ccn3ncc(C(=O)O)c3n2)c1=O. The van der Waals surface area contributed by atoms with Gasteiger partial charge >= 0.3 is 5.97 Å². The molecule has 0 aliphatic carbocycles. The number of carbonyl (C=O) groups is 3. The molecule has 5 heterocycles. The molecule has 3 aromatic heterocycles. The number of carbonyl (C=O) groups excluding carboxylic acids is 2. The standard InChI is InChI=1S/C28H25FN6O5/c1-16(14-34-26(37)18-5-2-3-6-19(18)27(34)38)13-32-15-17(29)11-20(25(32)36)22-7-4-9-33(22)23-8-10-35-24(31-23)21(12-30-35)28(39)40/h2-3,5-6,8,10-12,15-16,22H,4,7,9,13-14H2,1H3,(H,39,40)/t16-,22+/m0/s1. The van der Waals surface area contributed by atoms with Gasteiger partial charge in [0.05, 0.1) is 23.4 Å². The number of amides is 2. The molecule has 0 bridgehead atoms. The number of fused-ring (bicyclic) bond motifs is 2. The molecule has 0 unspecified atom stereocenters. The van der Waals surface area contributed by atoms with Gasteiger partial charge in [-0.2, -0.15) is 5.10 Å². The van der Waals surface area contributed by atoms with Crippen LogP contribution in [0.25, 0.3) is 5.65 Å². The number of pyridine rings is 1. The smallest absolute Gasteiger partial charge is 0.341 e. The molecule has 2 atom stereocenters. The number of carboxylic acids is 1. The summed E-state index contributed by atoms with van der Waals surface area (Å²) in [5.74, 6) is -2.35. The van der Waals surface area contributed by atoms with E-state index in [9.17, 15) is 28.7 Å². The van der Waals surface area contributed by atoms with Crippen molar-refractivity contribution in [1.82, 2.24) is 24.1 Å². The molecule has 0 saturated carbocycles. The average molecular weight is 545 g/mol. The Kier molecular flexibility index (Phi) is 6.16. The van der Waals surface area contributed by atoms with E-state index in [1.165, 1.54) is 26.2 Å². The molecule has 1 saturated heterocycles. The second-order valence-electron chi connectivity index (χ2n) is 10.2. The van der Waals surface area contributed by atoms with Crippen molar-refractivity contribution < 1.29 is 23.9 Å². The Morgan fingerprint density at radius 2 is 1.85 bits per heavy atom. The molecular formula is C28H25FN6O5. The highest BCUT2D eigenvalue weighted by atomic mass is 19.1. The number of carboxylic acid groups (broad SMARTS) is 1. The third-order valence-electron chi connectivity index (χ3n) is 7.45. The van der Waals surface area contributed by atoms with Gasteiger partial charge in [-0.15, -0.1) is 0 Å². The average Bonchev–Trinajstić information content (AvgIpc) is 3.64. The fourth-order valence-corrected chi connectivity index (χ4v) is 5.64. The molecule has 2 aliphatic heterocycles. The topological polar surface area (TPSA) is 130 Å². The Labute approximate surface area is 227 Å². The van der Waals surface area contributed by atoms with Crippen LogP contribution in [0.5, 0.6) is 0 Å². The fraction of sp³-hybridized carbons (Fsp3) is 0.286. The zero-order valence-corrected chi connectivity index (χ0v) is 21.5. The summed E-state index contributed by atoms with van der Waals surface area (Å²) in [6.45, 7) is 2.54. The van der Waals surface area contributed by atoms with E-state index < -0.39 is 17.8 Å². The van der Waals surface area contributed by atoms with E-state index in [1.807, 2.05) is 4.90 Å². The fourth-order valence-electron chi connectivity index (χ4n) is 5.64. The first-order valence-corrected chi connectivity index (χ1v) is 12.9. The maximum absolute atomic E-state index is 14.9. The van der Waals surface area contributed by atoms with Crippen LogP contribution in [0.1, 0.15) is 62.4 Å². The molecule has 1 aromatic carbocycles. The van der Waals surface area contributed by atoms with E-state index in [-0.39, 0.29) is 53.2 Å². The summed E-state index contributed by atoms with van der Waals surface area (Å²) in [5.41, 5.74) is 0.726. The minimum atomic E-state index is -1.15. The molecule has 1 N–H and O–H groups in total. The summed E-state index contributed by atoms with van der Waals surface area (Å²) in [4.78, 5) is 58.2. The van der Waals surface area contributed by atoms with E-state index in [1.54, 1.807) is 43.5 Å². The van der Waals surface area contributed by atoms with Gasteiger partial charge in [0.15, 0.2) is 5.65 Å². The molecule has 12 heteroatoms. The predicted octanol–water partition coefficient (Wildman–Crippen LogP) is 3.00. The minimum Gasteiger partial charge on any atom is -0.477 e. The lowest BCUT2D eigenvalue weighted by Crippen LogP contribution is -2.37. The largest absolute Gasteiger partial charge is 0.477 e. The summed E-state index contributed by atoms with van der Waals surface area (Å²) in [6, 6.07) is 9.07. The third-order valence-corrected chi connectivity index (χ3v) is 7.45. The molecular weight excluding hydrogens is 519 g/mol. The maximum atomic E-state index is 14.9. The summed E-state index contributed by atoms with van der Waals surface area (Å²) >= 11 is 0. The Morgan fingerprint density at radius 3 is 2.55 bits per heavy atom. The van der Waals surface area contributed by atoms with Crippen molar-refractivity contribution in [2.45, 2.75) is 32.4 Å². The van der Waals surface area contributed by atoms with Crippen molar-refractivity contribution >= 4 is 29.2 Å². The van der Waals surface area contributed by atoms with E-state index in [4.69, 9.17) is 0 Å². The Bertz CT molecular complexity index is 1710. The van der Waals surface area contributed by atoms with E-state index >= 15 is 0 Å². The van der Waals surface area contributed by atoms with Gasteiger partial charge in [-0.1, -0.05) is 19.1 Å². The molecule has 6 rings (SSSR count). The van der Waals surface area contributed by atoms with Crippen molar-refractivity contribution in [2.75, 3.05) is 18.0 Å². The molecule has 204 valence electrons. The van der Waals surface area contributed by atoms with E-state index in [0.717, 1.165) is 12.6 Å². The highest BCUT2D eigenvalue weighted by molar-refractivity contribution is 6.21. The van der Waals surface area contributed by atoms with Crippen LogP contribution in [-0.4, -0.2) is 60.0 Å². The number of aromatic carboxylic acids is 1. The molecule has 4 aromatic rings. The van der Waals surface area contributed by atoms with Crippen LogP contribution in [0.2, 0.25) is 0 Å². The number of anilines is 1. The highest BCUT2D eigenvalue weighted by Crippen LogP contribution is 2.34. The predicted molar refractivity (Wildman–Crippen MR) is 141 cm³/mol. The van der Waals surface area contributed by atoms with E-state index in [0.29, 0.717) is 29.9 Å². The number of imide groups is 1. The zero-order chi connectivity index (χ0) is 28.1. The van der Waals surface area contributed by atoms with Crippen molar-refractivity contribution in [3.05, 3.63) is 93.4 Å². The minimum absolute atomic E-state index is 0.0437. The van der Waals surface area contributed by atoms with Crippen LogP contribution >= 0.6 is 0 Å². The second-order valence-corrected chi connectivity index (χ2v) is 10.2. The Balaban J connectivity index is 1.26. The van der Waals surface area contributed by atoms with Crippen LogP contribution in [0.4, 0.5) is 10.2 Å². The molecule has 0 radical (unpaired) electrons. The van der Waals surface area contributed by atoms with E-state index in [2.05, 4.69) is 10.1 Å². The first kappa shape index (κ1) is 25.4. The Morgan fingerprint density at radius 1 is 1.12 bits per heavy atom. The second kappa shape index (κ2) is 9.70. The number of aromatic nitrogens is 4. The number of benzene rings is 1. The van der Waals surface area contributed by atoms with Crippen molar-refractivity contribution in [3.63, 3.8) is 0 Å². The van der Waals surface area contributed by atoms with Gasteiger partial charge in [-0.05, 0) is 43.0 Å². The van der Waals surface area contributed by atoms with Gasteiger partial charge in [0.1, 0.15) is 17.2 Å². The summed E-state index contributed by atoms with van der Waals surface area (Å²) in [6.07, 6.45) is 5.28. The molecule has 11 nitrogen and oxygen atoms in total. The molecule has 40 heavy (non-hydrogen) atoms. The van der Waals surface area contributed by atoms with Crippen LogP contribution in [0.15, 0.2) is 59.8 Å². The molecule has 1 fully saturated rings. The highest BCUT2D eigenvalue weighted by Gasteiger charge is 2.36. The van der Waals surface area contributed by atoms with Crippen molar-refractivity contribution in [1.29, 1.82) is 0 Å². The first-order valence-electron chi connectivity index (χ1n) is 12.9. The van der Waals surface area contributed by atoms with Gasteiger partial charge < -0.3 is 14.6 Å². The van der Waals surface area contributed by atoms with Crippen molar-refractivity contribution in [3.8, 4) is 0 Å². The normalized spacial score (nSPS) is 17.6. The maximum Gasteiger partial charge on any atom is 0.341 e. The zero-order valence-electron chi connectivity index (χ0n) is 21.5. The lowest BCUT2D eigenvalue weighted by molar-refractivity contribution is 0.0625. The van der Waals surface area contributed by atoms with Crippen LogP contribution in [0.3, 0.4) is 0 Å². The van der Waals surface area contributed by atoms with Crippen molar-refractivity contribution in [2.24, 2.45) is 5.92 Å². The van der Waals surface area contributed by atoms with Crippen LogP contribution in [-0.2, 0) is 6.54 Å². The summed E-state index contributed by atoms with van der Waals surface area (Å²) in [5, 5.41) is 13.5. The van der Waals surface area contributed by atoms with Gasteiger partial charge in [0.25, 0.3) is 17.4 Å². The van der Waals surface area contributed by atoms with Crippen LogP contribution < -0.4 is 10.5 Å². The Hall–Kier alpha value is -4.87. The number of rotatable bonds is 7. The lowest BCUT2D eigenvalue weighted by Gasteiger charge is -2.26. The molecule has 2 amide bonds. The first-order chi connectivity index (χ1) is 19.2. The number of nitrogens with zero attached hydrogens (tertiary/aromatic N) is 6. The third kappa shape index (κ3) is 4.21. The number of hydrogen-bond donors (Lipinski definition) is 1. The van der Waals surface area contributed by atoms with Gasteiger partial charge in [-0.25, -0.2) is 18.7 Å². The number of hydrogen-bond acceptors (Lipinski definition) is 7. The lowest BCUT2D eigenvalue weighted by atomic mass is 10.1. The van der Waals surface area contributed by atoms with Gasteiger partial charge in [0, 0.05) is 37.6 Å². The molecule has 2 aliphatic rings. The van der Waals surface area contributed by atoms with Crippen LogP contribution in [0, 0.1) is 11.7 Å².